The zero-order chi connectivity index (χ0) is 10.8. The number of nitrogens with one attached hydrogen (secondary N) is 1. The van der Waals surface area contributed by atoms with E-state index >= 15 is 0 Å². The van der Waals surface area contributed by atoms with E-state index in [1.165, 1.54) is 0 Å². The summed E-state index contributed by atoms with van der Waals surface area (Å²) in [7, 11) is 0. The molecule has 1 saturated carbocycles. The summed E-state index contributed by atoms with van der Waals surface area (Å²) in [6.07, 6.45) is 3.09. The third-order valence-electron chi connectivity index (χ3n) is 3.13. The quantitative estimate of drug-likeness (QED) is 0.758. The molecule has 0 radical (unpaired) electrons. The Labute approximate surface area is 95.0 Å². The van der Waals surface area contributed by atoms with Crippen LogP contribution in [0.3, 0.4) is 0 Å². The summed E-state index contributed by atoms with van der Waals surface area (Å²) in [6.45, 7) is 6.43. The van der Waals surface area contributed by atoms with Gasteiger partial charge in [0.15, 0.2) is 0 Å². The van der Waals surface area contributed by atoms with Crippen molar-refractivity contribution in [3.63, 3.8) is 0 Å². The highest BCUT2D eigenvalue weighted by Crippen LogP contribution is 2.51. The summed E-state index contributed by atoms with van der Waals surface area (Å²) < 4.78 is 0. The Kier molecular flexibility index (Phi) is 3.99. The van der Waals surface area contributed by atoms with Gasteiger partial charge in [0.05, 0.1) is 0 Å². The second-order valence-electron chi connectivity index (χ2n) is 4.84. The normalized spacial score (nSPS) is 25.6. The predicted molar refractivity (Wildman–Crippen MR) is 62.5 cm³/mol. The highest BCUT2D eigenvalue weighted by atomic mass is 79.9. The molecule has 0 saturated heterocycles. The molecule has 82 valence electrons. The topological polar surface area (TPSA) is 29.1 Å². The van der Waals surface area contributed by atoms with Crippen molar-refractivity contribution in [3.05, 3.63) is 0 Å². The molecule has 14 heavy (non-hydrogen) atoms. The standard InChI is InChI=1S/C11H20BrNO/c1-4-8(5-6-12)13-10(14)9-7-11(9,2)3/h8-9H,4-7H2,1-3H3,(H,13,14). The van der Waals surface area contributed by atoms with Crippen LogP contribution in [0.1, 0.15) is 40.0 Å². The van der Waals surface area contributed by atoms with Crippen molar-refractivity contribution in [1.82, 2.24) is 5.32 Å². The first-order valence-corrected chi connectivity index (χ1v) is 6.49. The predicted octanol–water partition coefficient (Wildman–Crippen LogP) is 2.71. The van der Waals surface area contributed by atoms with Crippen molar-refractivity contribution in [2.24, 2.45) is 11.3 Å². The second kappa shape index (κ2) is 4.65. The molecule has 0 bridgehead atoms. The number of alkyl halides is 1. The molecule has 1 amide bonds. The molecule has 0 aromatic heterocycles. The van der Waals surface area contributed by atoms with Crippen LogP contribution in [0.2, 0.25) is 0 Å². The van der Waals surface area contributed by atoms with Gasteiger partial charge >= 0.3 is 0 Å². The third-order valence-corrected chi connectivity index (χ3v) is 3.58. The van der Waals surface area contributed by atoms with Crippen molar-refractivity contribution in [2.75, 3.05) is 5.33 Å². The Hall–Kier alpha value is -0.0500. The highest BCUT2D eigenvalue weighted by molar-refractivity contribution is 9.09. The van der Waals surface area contributed by atoms with Crippen LogP contribution in [0.5, 0.6) is 0 Å². The molecule has 1 aliphatic rings. The van der Waals surface area contributed by atoms with E-state index in [9.17, 15) is 4.79 Å². The Morgan fingerprint density at radius 3 is 2.57 bits per heavy atom. The molecule has 0 aromatic carbocycles. The van der Waals surface area contributed by atoms with Crippen LogP contribution in [0.25, 0.3) is 0 Å². The lowest BCUT2D eigenvalue weighted by Crippen LogP contribution is -2.36. The Morgan fingerprint density at radius 1 is 1.64 bits per heavy atom. The van der Waals surface area contributed by atoms with E-state index < -0.39 is 0 Å². The highest BCUT2D eigenvalue weighted by Gasteiger charge is 2.50. The largest absolute Gasteiger partial charge is 0.353 e. The van der Waals surface area contributed by atoms with Crippen molar-refractivity contribution in [1.29, 1.82) is 0 Å². The van der Waals surface area contributed by atoms with Gasteiger partial charge in [-0.2, -0.15) is 0 Å². The summed E-state index contributed by atoms with van der Waals surface area (Å²) in [5, 5.41) is 4.07. The lowest BCUT2D eigenvalue weighted by Gasteiger charge is -2.16. The first-order valence-electron chi connectivity index (χ1n) is 5.37. The lowest BCUT2D eigenvalue weighted by atomic mass is 10.1. The first-order chi connectivity index (χ1) is 6.51. The molecule has 2 atom stereocenters. The van der Waals surface area contributed by atoms with Gasteiger partial charge in [-0.1, -0.05) is 36.7 Å². The molecule has 1 fully saturated rings. The van der Waals surface area contributed by atoms with Crippen LogP contribution in [0, 0.1) is 11.3 Å². The maximum absolute atomic E-state index is 11.7. The first kappa shape index (κ1) is 12.0. The third kappa shape index (κ3) is 2.97. The number of carbonyl (C=O) groups is 1. The zero-order valence-electron chi connectivity index (χ0n) is 9.27. The van der Waals surface area contributed by atoms with Gasteiger partial charge in [0.1, 0.15) is 0 Å². The van der Waals surface area contributed by atoms with Crippen LogP contribution in [-0.2, 0) is 4.79 Å². The van der Waals surface area contributed by atoms with Crippen LogP contribution < -0.4 is 5.32 Å². The second-order valence-corrected chi connectivity index (χ2v) is 5.63. The van der Waals surface area contributed by atoms with Crippen molar-refractivity contribution >= 4 is 21.8 Å². The fraction of sp³-hybridized carbons (Fsp3) is 0.909. The van der Waals surface area contributed by atoms with Gasteiger partial charge < -0.3 is 5.32 Å². The van der Waals surface area contributed by atoms with Gasteiger partial charge in [0.25, 0.3) is 0 Å². The smallest absolute Gasteiger partial charge is 0.223 e. The monoisotopic (exact) mass is 261 g/mol. The van der Waals surface area contributed by atoms with Crippen LogP contribution in [0.15, 0.2) is 0 Å². The number of amides is 1. The summed E-state index contributed by atoms with van der Waals surface area (Å²) in [5.41, 5.74) is 0.247. The molecular formula is C11H20BrNO. The van der Waals surface area contributed by atoms with Gasteiger partial charge in [-0.05, 0) is 24.7 Å². The average Bonchev–Trinajstić information content (AvgIpc) is 2.74. The molecular weight excluding hydrogens is 242 g/mol. The SMILES string of the molecule is CCC(CCBr)NC(=O)C1CC1(C)C. The number of carbonyl (C=O) groups excluding carboxylic acids is 1. The molecule has 1 N–H and O–H groups in total. The van der Waals surface area contributed by atoms with E-state index in [0.29, 0.717) is 6.04 Å². The maximum atomic E-state index is 11.7. The molecule has 1 aliphatic carbocycles. The van der Waals surface area contributed by atoms with E-state index in [1.807, 2.05) is 0 Å². The van der Waals surface area contributed by atoms with Gasteiger partial charge in [-0.3, -0.25) is 4.79 Å². The summed E-state index contributed by atoms with van der Waals surface area (Å²) in [4.78, 5) is 11.7. The number of hydrogen-bond acceptors (Lipinski definition) is 1. The van der Waals surface area contributed by atoms with Crippen LogP contribution >= 0.6 is 15.9 Å². The zero-order valence-corrected chi connectivity index (χ0v) is 10.9. The molecule has 3 heteroatoms. The van der Waals surface area contributed by atoms with Gasteiger partial charge in [-0.25, -0.2) is 0 Å². The summed E-state index contributed by atoms with van der Waals surface area (Å²) in [5.74, 6) is 0.509. The van der Waals surface area contributed by atoms with Crippen molar-refractivity contribution in [3.8, 4) is 0 Å². The van der Waals surface area contributed by atoms with E-state index in [-0.39, 0.29) is 17.2 Å². The van der Waals surface area contributed by atoms with Gasteiger partial charge in [0.2, 0.25) is 5.91 Å². The maximum Gasteiger partial charge on any atom is 0.223 e. The average molecular weight is 262 g/mol. The van der Waals surface area contributed by atoms with Crippen molar-refractivity contribution in [2.45, 2.75) is 46.1 Å². The molecule has 0 aliphatic heterocycles. The fourth-order valence-corrected chi connectivity index (χ4v) is 2.28. The molecule has 2 unspecified atom stereocenters. The minimum atomic E-state index is 0.247. The molecule has 1 rings (SSSR count). The molecule has 2 nitrogen and oxygen atoms in total. The fourth-order valence-electron chi connectivity index (χ4n) is 1.73. The van der Waals surface area contributed by atoms with Crippen molar-refractivity contribution < 1.29 is 4.79 Å². The van der Waals surface area contributed by atoms with Crippen LogP contribution in [-0.4, -0.2) is 17.3 Å². The van der Waals surface area contributed by atoms with E-state index in [1.54, 1.807) is 0 Å². The van der Waals surface area contributed by atoms with Crippen LogP contribution in [0.4, 0.5) is 0 Å². The lowest BCUT2D eigenvalue weighted by molar-refractivity contribution is -0.123. The number of halogens is 1. The minimum absolute atomic E-state index is 0.247. The Balaban J connectivity index is 2.33. The van der Waals surface area contributed by atoms with E-state index in [4.69, 9.17) is 0 Å². The Bertz CT molecular complexity index is 215. The minimum Gasteiger partial charge on any atom is -0.353 e. The van der Waals surface area contributed by atoms with Gasteiger partial charge in [-0.15, -0.1) is 0 Å². The molecule has 0 heterocycles. The molecule has 0 spiro atoms. The van der Waals surface area contributed by atoms with E-state index in [0.717, 1.165) is 24.6 Å². The summed E-state index contributed by atoms with van der Waals surface area (Å²) >= 11 is 3.40. The van der Waals surface area contributed by atoms with E-state index in [2.05, 4.69) is 42.0 Å². The molecule has 0 aromatic rings. The Morgan fingerprint density at radius 2 is 2.21 bits per heavy atom. The number of rotatable bonds is 5. The number of hydrogen-bond donors (Lipinski definition) is 1. The summed E-state index contributed by atoms with van der Waals surface area (Å²) in [6, 6.07) is 0.346. The van der Waals surface area contributed by atoms with Gasteiger partial charge in [0, 0.05) is 17.3 Å².